The molecule has 0 aromatic carbocycles. The first-order valence-electron chi connectivity index (χ1n) is 2.90. The summed E-state index contributed by atoms with van der Waals surface area (Å²) in [5, 5.41) is 8.31. The number of morpholine rings is 1. The fraction of sp³-hybridized carbons (Fsp3) is 0.800. The Morgan fingerprint density at radius 1 is 1.36 bits per heavy atom. The average molecular weight is 378 g/mol. The van der Waals surface area contributed by atoms with Crippen LogP contribution in [0, 0.1) is 11.5 Å². The van der Waals surface area contributed by atoms with Crippen molar-refractivity contribution in [3.63, 3.8) is 0 Å². The number of nitriles is 1. The SMILES string of the molecule is N#CN1CCOCC1.[Cl][Pt][Cl]. The third kappa shape index (κ3) is 6.90. The number of nitrogens with zero attached hydrogens (tertiary/aromatic N) is 2. The van der Waals surface area contributed by atoms with E-state index in [-0.39, 0.29) is 0 Å². The monoisotopic (exact) mass is 377 g/mol. The van der Waals surface area contributed by atoms with Crippen molar-refractivity contribution in [2.45, 2.75) is 0 Å². The van der Waals surface area contributed by atoms with E-state index < -0.39 is 16.5 Å². The van der Waals surface area contributed by atoms with Crippen LogP contribution in [0.25, 0.3) is 0 Å². The van der Waals surface area contributed by atoms with Crippen molar-refractivity contribution in [2.75, 3.05) is 26.3 Å². The van der Waals surface area contributed by atoms with E-state index in [9.17, 15) is 0 Å². The summed E-state index contributed by atoms with van der Waals surface area (Å²) in [5.41, 5.74) is 0. The Labute approximate surface area is 82.6 Å². The number of rotatable bonds is 0. The predicted octanol–water partition coefficient (Wildman–Crippen LogP) is 1.18. The summed E-state index contributed by atoms with van der Waals surface area (Å²) < 4.78 is 5.01. The summed E-state index contributed by atoms with van der Waals surface area (Å²) in [4.78, 5) is 1.70. The third-order valence-corrected chi connectivity index (χ3v) is 1.15. The Morgan fingerprint density at radius 2 is 1.82 bits per heavy atom. The van der Waals surface area contributed by atoms with Crippen molar-refractivity contribution >= 4 is 18.8 Å². The minimum absolute atomic E-state index is 0.472. The van der Waals surface area contributed by atoms with Crippen LogP contribution in [-0.4, -0.2) is 31.2 Å². The molecule has 0 atom stereocenters. The van der Waals surface area contributed by atoms with Gasteiger partial charge in [0.1, 0.15) is 0 Å². The molecule has 1 aliphatic heterocycles. The van der Waals surface area contributed by atoms with Crippen LogP contribution in [0.2, 0.25) is 0 Å². The number of halogens is 2. The van der Waals surface area contributed by atoms with E-state index in [4.69, 9.17) is 28.8 Å². The zero-order chi connectivity index (χ0) is 8.53. The Morgan fingerprint density at radius 3 is 2.09 bits per heavy atom. The van der Waals surface area contributed by atoms with E-state index in [2.05, 4.69) is 6.19 Å². The molecule has 1 fully saturated rings. The van der Waals surface area contributed by atoms with E-state index in [1.54, 1.807) is 4.90 Å². The molecule has 0 unspecified atom stereocenters. The topological polar surface area (TPSA) is 36.3 Å². The fourth-order valence-corrected chi connectivity index (χ4v) is 0.663. The van der Waals surface area contributed by atoms with Crippen molar-refractivity contribution < 1.29 is 21.2 Å². The molecule has 0 bridgehead atoms. The quantitative estimate of drug-likeness (QED) is 0.594. The Balaban J connectivity index is 0.000000292. The van der Waals surface area contributed by atoms with Gasteiger partial charge in [0, 0.05) is 0 Å². The van der Waals surface area contributed by atoms with Crippen molar-refractivity contribution in [3.05, 3.63) is 0 Å². The maximum atomic E-state index is 8.31. The molecule has 0 amide bonds. The summed E-state index contributed by atoms with van der Waals surface area (Å²) in [6.45, 7) is 2.92. The summed E-state index contributed by atoms with van der Waals surface area (Å²) >= 11 is -0.472. The van der Waals surface area contributed by atoms with E-state index in [1.165, 1.54) is 0 Å². The molecule has 1 aliphatic rings. The zero-order valence-electron chi connectivity index (χ0n) is 5.70. The summed E-state index contributed by atoms with van der Waals surface area (Å²) in [7, 11) is 9.75. The van der Waals surface area contributed by atoms with Crippen LogP contribution in [0.15, 0.2) is 0 Å². The molecule has 6 heteroatoms. The van der Waals surface area contributed by atoms with E-state index >= 15 is 0 Å². The van der Waals surface area contributed by atoms with Gasteiger partial charge < -0.3 is 9.64 Å². The molecule has 0 aromatic rings. The second-order valence-electron chi connectivity index (χ2n) is 1.74. The van der Waals surface area contributed by atoms with Gasteiger partial charge in [-0.3, -0.25) is 0 Å². The van der Waals surface area contributed by atoms with Crippen molar-refractivity contribution in [3.8, 4) is 6.19 Å². The van der Waals surface area contributed by atoms with Crippen LogP contribution >= 0.6 is 18.8 Å². The van der Waals surface area contributed by atoms with E-state index in [0.29, 0.717) is 13.2 Å². The van der Waals surface area contributed by atoms with E-state index in [0.717, 1.165) is 13.1 Å². The first kappa shape index (κ1) is 11.5. The van der Waals surface area contributed by atoms with Crippen LogP contribution in [0.4, 0.5) is 0 Å². The van der Waals surface area contributed by atoms with Gasteiger partial charge in [-0.25, -0.2) is 0 Å². The zero-order valence-corrected chi connectivity index (χ0v) is 9.49. The molecular formula is C5H8Cl2N2OPt. The molecule has 0 saturated carbocycles. The second kappa shape index (κ2) is 8.61. The molecule has 0 N–H and O–H groups in total. The molecule has 0 aromatic heterocycles. The van der Waals surface area contributed by atoms with Crippen LogP contribution in [0.5, 0.6) is 0 Å². The average Bonchev–Trinajstić information content (AvgIpc) is 2.08. The van der Waals surface area contributed by atoms with Gasteiger partial charge in [0.25, 0.3) is 0 Å². The van der Waals surface area contributed by atoms with Crippen molar-refractivity contribution in [1.29, 1.82) is 5.26 Å². The summed E-state index contributed by atoms with van der Waals surface area (Å²) in [6, 6.07) is 0. The normalized spacial score (nSPS) is 16.6. The van der Waals surface area contributed by atoms with Gasteiger partial charge in [0.2, 0.25) is 0 Å². The van der Waals surface area contributed by atoms with Gasteiger partial charge in [0.15, 0.2) is 6.19 Å². The van der Waals surface area contributed by atoms with Gasteiger partial charge in [-0.2, -0.15) is 5.26 Å². The molecular weight excluding hydrogens is 370 g/mol. The first-order valence-corrected chi connectivity index (χ1v) is 8.53. The second-order valence-corrected chi connectivity index (χ2v) is 5.03. The van der Waals surface area contributed by atoms with Crippen LogP contribution < -0.4 is 0 Å². The standard InChI is InChI=1S/C5H8N2O.2ClH.Pt/c6-5-7-1-3-8-4-2-7;;;/h1-4H2;2*1H;/q;;;+2/p-2. The fourth-order valence-electron chi connectivity index (χ4n) is 0.663. The molecule has 11 heavy (non-hydrogen) atoms. The van der Waals surface area contributed by atoms with Crippen LogP contribution in [0.3, 0.4) is 0 Å². The van der Waals surface area contributed by atoms with Gasteiger partial charge in [0.05, 0.1) is 26.3 Å². The molecule has 0 spiro atoms. The molecule has 3 nitrogen and oxygen atoms in total. The molecule has 1 rings (SSSR count). The maximum absolute atomic E-state index is 8.31. The number of hydrogen-bond donors (Lipinski definition) is 0. The Bertz CT molecular complexity index is 124. The molecule has 68 valence electrons. The van der Waals surface area contributed by atoms with Crippen LogP contribution in [-0.2, 0) is 21.2 Å². The van der Waals surface area contributed by atoms with Crippen molar-refractivity contribution in [2.24, 2.45) is 0 Å². The Hall–Kier alpha value is 0.518. The molecule has 0 aliphatic carbocycles. The molecule has 1 saturated heterocycles. The minimum atomic E-state index is -0.472. The van der Waals surface area contributed by atoms with E-state index in [1.807, 2.05) is 0 Å². The van der Waals surface area contributed by atoms with Gasteiger partial charge in [-0.15, -0.1) is 0 Å². The van der Waals surface area contributed by atoms with Gasteiger partial charge in [-0.1, -0.05) is 0 Å². The van der Waals surface area contributed by atoms with Crippen LogP contribution in [0.1, 0.15) is 0 Å². The Kier molecular flexibility index (Phi) is 9.02. The molecule has 0 radical (unpaired) electrons. The molecule has 1 heterocycles. The van der Waals surface area contributed by atoms with Gasteiger partial charge in [-0.05, 0) is 0 Å². The number of hydrogen-bond acceptors (Lipinski definition) is 3. The van der Waals surface area contributed by atoms with Crippen molar-refractivity contribution in [1.82, 2.24) is 4.90 Å². The van der Waals surface area contributed by atoms with Gasteiger partial charge >= 0.3 is 35.3 Å². The summed E-state index contributed by atoms with van der Waals surface area (Å²) in [5.74, 6) is 0. The predicted molar refractivity (Wildman–Crippen MR) is 39.7 cm³/mol. The summed E-state index contributed by atoms with van der Waals surface area (Å²) in [6.07, 6.45) is 2.06. The third-order valence-electron chi connectivity index (χ3n) is 1.15. The first-order chi connectivity index (χ1) is 5.35. The number of ether oxygens (including phenoxy) is 1.